The van der Waals surface area contributed by atoms with E-state index < -0.39 is 5.41 Å². The van der Waals surface area contributed by atoms with E-state index in [0.29, 0.717) is 22.7 Å². The third-order valence-electron chi connectivity index (χ3n) is 8.21. The van der Waals surface area contributed by atoms with E-state index in [1.807, 2.05) is 25.1 Å². The van der Waals surface area contributed by atoms with E-state index in [1.54, 1.807) is 6.07 Å². The van der Waals surface area contributed by atoms with E-state index in [9.17, 15) is 10.1 Å². The van der Waals surface area contributed by atoms with Crippen LogP contribution >= 0.6 is 0 Å². The highest BCUT2D eigenvalue weighted by Crippen LogP contribution is 2.45. The SMILES string of the molecule is C#Cc1cc2c(cc1N1CCC(N(C)CCOCC)CC1)C(C)(C)c1[nH]c3cc(C#N)ccc3c1C2=O. The van der Waals surface area contributed by atoms with Gasteiger partial charge in [-0.05, 0) is 56.6 Å². The molecule has 1 N–H and O–H groups in total. The molecule has 6 nitrogen and oxygen atoms in total. The van der Waals surface area contributed by atoms with E-state index in [0.717, 1.165) is 79.1 Å². The van der Waals surface area contributed by atoms with Crippen molar-refractivity contribution in [1.82, 2.24) is 9.88 Å². The zero-order valence-electron chi connectivity index (χ0n) is 22.1. The van der Waals surface area contributed by atoms with Crippen molar-refractivity contribution in [2.45, 2.75) is 45.1 Å². The van der Waals surface area contributed by atoms with Gasteiger partial charge in [0.25, 0.3) is 0 Å². The Balaban J connectivity index is 1.48. The van der Waals surface area contributed by atoms with Crippen molar-refractivity contribution in [2.75, 3.05) is 44.8 Å². The van der Waals surface area contributed by atoms with Gasteiger partial charge in [-0.3, -0.25) is 4.79 Å². The number of ketones is 1. The summed E-state index contributed by atoms with van der Waals surface area (Å²) < 4.78 is 5.53. The first-order valence-corrected chi connectivity index (χ1v) is 13.1. The second kappa shape index (κ2) is 9.71. The van der Waals surface area contributed by atoms with Crippen molar-refractivity contribution >= 4 is 22.4 Å². The highest BCUT2D eigenvalue weighted by atomic mass is 16.5. The minimum absolute atomic E-state index is 0.0158. The summed E-state index contributed by atoms with van der Waals surface area (Å²) in [6, 6.07) is 12.2. The summed E-state index contributed by atoms with van der Waals surface area (Å²) in [5.74, 6) is 2.85. The molecule has 0 spiro atoms. The Morgan fingerprint density at radius 1 is 1.24 bits per heavy atom. The highest BCUT2D eigenvalue weighted by Gasteiger charge is 2.40. The van der Waals surface area contributed by atoms with Crippen LogP contribution in [0.3, 0.4) is 0 Å². The number of H-pyrrole nitrogens is 1. The molecule has 0 atom stereocenters. The third-order valence-corrected chi connectivity index (χ3v) is 8.21. The fraction of sp³-hybridized carbons (Fsp3) is 0.419. The van der Waals surface area contributed by atoms with Crippen LogP contribution in [0.25, 0.3) is 10.9 Å². The number of hydrogen-bond acceptors (Lipinski definition) is 5. The molecular formula is C31H34N4O2. The maximum Gasteiger partial charge on any atom is 0.195 e. The standard InChI is InChI=1S/C31H34N4O2/c1-6-21-17-24-25(18-27(21)35-12-10-22(11-13-35)34(5)14-15-37-7-2)31(3,4)30-28(29(24)36)23-9-8-20(19-32)16-26(23)33-30/h1,8-9,16-18,22,33H,7,10-15H2,2-5H3. The van der Waals surface area contributed by atoms with Gasteiger partial charge >= 0.3 is 0 Å². The van der Waals surface area contributed by atoms with Gasteiger partial charge in [0.1, 0.15) is 0 Å². The first kappa shape index (κ1) is 25.1. The molecule has 1 aliphatic carbocycles. The Morgan fingerprint density at radius 2 is 2.00 bits per heavy atom. The Bertz CT molecular complexity index is 1440. The molecule has 2 heterocycles. The van der Waals surface area contributed by atoms with Crippen LogP contribution in [-0.4, -0.2) is 61.6 Å². The average Bonchev–Trinajstić information content (AvgIpc) is 3.31. The molecule has 1 aliphatic heterocycles. The van der Waals surface area contributed by atoms with E-state index in [2.05, 4.69) is 53.7 Å². The molecule has 0 saturated carbocycles. The molecule has 0 bridgehead atoms. The molecule has 2 aromatic carbocycles. The second-order valence-corrected chi connectivity index (χ2v) is 10.7. The van der Waals surface area contributed by atoms with Crippen molar-refractivity contribution in [3.63, 3.8) is 0 Å². The number of carbonyl (C=O) groups is 1. The zero-order chi connectivity index (χ0) is 26.3. The van der Waals surface area contributed by atoms with Crippen molar-refractivity contribution in [2.24, 2.45) is 0 Å². The van der Waals surface area contributed by atoms with Crippen LogP contribution in [0.1, 0.15) is 71.9 Å². The van der Waals surface area contributed by atoms with Gasteiger partial charge in [0.05, 0.1) is 29.5 Å². The smallest absolute Gasteiger partial charge is 0.195 e. The largest absolute Gasteiger partial charge is 0.380 e. The molecule has 6 heteroatoms. The van der Waals surface area contributed by atoms with Gasteiger partial charge in [0.15, 0.2) is 5.78 Å². The number of nitriles is 1. The molecule has 1 aromatic heterocycles. The lowest BCUT2D eigenvalue weighted by molar-refractivity contribution is 0.101. The lowest BCUT2D eigenvalue weighted by Gasteiger charge is -2.39. The summed E-state index contributed by atoms with van der Waals surface area (Å²) in [7, 11) is 2.18. The summed E-state index contributed by atoms with van der Waals surface area (Å²) in [4.78, 5) is 22.1. The van der Waals surface area contributed by atoms with Crippen molar-refractivity contribution in [1.29, 1.82) is 5.26 Å². The van der Waals surface area contributed by atoms with Crippen LogP contribution in [0.2, 0.25) is 0 Å². The lowest BCUT2D eigenvalue weighted by Crippen LogP contribution is -2.44. The summed E-state index contributed by atoms with van der Waals surface area (Å²) in [6.45, 7) is 10.6. The van der Waals surface area contributed by atoms with E-state index in [-0.39, 0.29) is 5.78 Å². The van der Waals surface area contributed by atoms with Crippen molar-refractivity contribution in [3.05, 3.63) is 63.8 Å². The van der Waals surface area contributed by atoms with E-state index >= 15 is 0 Å². The minimum Gasteiger partial charge on any atom is -0.380 e. The Kier molecular flexibility index (Phi) is 6.58. The summed E-state index contributed by atoms with van der Waals surface area (Å²) in [6.07, 6.45) is 8.11. The number of terminal acetylenes is 1. The number of ether oxygens (including phenoxy) is 1. The van der Waals surface area contributed by atoms with Crippen LogP contribution in [0.5, 0.6) is 0 Å². The lowest BCUT2D eigenvalue weighted by atomic mass is 9.70. The normalized spacial score (nSPS) is 16.9. The number of nitrogens with zero attached hydrogens (tertiary/aromatic N) is 3. The van der Waals surface area contributed by atoms with Gasteiger partial charge in [-0.15, -0.1) is 6.42 Å². The highest BCUT2D eigenvalue weighted by molar-refractivity contribution is 6.20. The molecule has 2 aliphatic rings. The topological polar surface area (TPSA) is 72.4 Å². The van der Waals surface area contributed by atoms with Crippen LogP contribution in [-0.2, 0) is 10.2 Å². The number of piperidine rings is 1. The van der Waals surface area contributed by atoms with Crippen LogP contribution in [0.15, 0.2) is 30.3 Å². The van der Waals surface area contributed by atoms with Crippen LogP contribution in [0, 0.1) is 23.7 Å². The number of aromatic amines is 1. The number of fused-ring (bicyclic) bond motifs is 4. The summed E-state index contributed by atoms with van der Waals surface area (Å²) in [5, 5.41) is 10.2. The van der Waals surface area contributed by atoms with Crippen LogP contribution in [0.4, 0.5) is 5.69 Å². The molecule has 3 aromatic rings. The molecule has 1 saturated heterocycles. The van der Waals surface area contributed by atoms with Gasteiger partial charge in [0, 0.05) is 65.4 Å². The van der Waals surface area contributed by atoms with E-state index in [4.69, 9.17) is 11.2 Å². The number of aromatic nitrogens is 1. The fourth-order valence-corrected chi connectivity index (χ4v) is 5.99. The third kappa shape index (κ3) is 4.21. The minimum atomic E-state index is -0.426. The molecule has 0 amide bonds. The van der Waals surface area contributed by atoms with Crippen LogP contribution < -0.4 is 4.90 Å². The first-order chi connectivity index (χ1) is 17.8. The maximum absolute atomic E-state index is 13.8. The molecule has 0 unspecified atom stereocenters. The predicted octanol–water partition coefficient (Wildman–Crippen LogP) is 4.83. The number of nitrogens with one attached hydrogen (secondary N) is 1. The Hall–Kier alpha value is -3.58. The molecule has 37 heavy (non-hydrogen) atoms. The summed E-state index contributed by atoms with van der Waals surface area (Å²) >= 11 is 0. The molecule has 190 valence electrons. The van der Waals surface area contributed by atoms with Crippen molar-refractivity contribution in [3.8, 4) is 18.4 Å². The van der Waals surface area contributed by atoms with Gasteiger partial charge in [0.2, 0.25) is 0 Å². The molecule has 0 radical (unpaired) electrons. The zero-order valence-corrected chi connectivity index (χ0v) is 22.1. The number of anilines is 1. The number of rotatable bonds is 6. The van der Waals surface area contributed by atoms with Gasteiger partial charge in [-0.1, -0.05) is 25.8 Å². The van der Waals surface area contributed by atoms with Gasteiger partial charge in [-0.2, -0.15) is 5.26 Å². The number of carbonyl (C=O) groups excluding carboxylic acids is 1. The fourth-order valence-electron chi connectivity index (χ4n) is 5.99. The summed E-state index contributed by atoms with van der Waals surface area (Å²) in [5.41, 5.74) is 5.98. The monoisotopic (exact) mass is 494 g/mol. The molecule has 5 rings (SSSR count). The average molecular weight is 495 g/mol. The molecule has 1 fully saturated rings. The van der Waals surface area contributed by atoms with E-state index in [1.165, 1.54) is 0 Å². The quantitative estimate of drug-likeness (QED) is 0.393. The molecular weight excluding hydrogens is 460 g/mol. The maximum atomic E-state index is 13.8. The number of hydrogen-bond donors (Lipinski definition) is 1. The van der Waals surface area contributed by atoms with Gasteiger partial charge in [-0.25, -0.2) is 0 Å². The Labute approximate surface area is 219 Å². The second-order valence-electron chi connectivity index (χ2n) is 10.7. The van der Waals surface area contributed by atoms with Gasteiger partial charge < -0.3 is 19.5 Å². The first-order valence-electron chi connectivity index (χ1n) is 13.1. The number of likely N-dealkylation sites (N-methyl/N-ethyl adjacent to an activating group) is 1. The Morgan fingerprint density at radius 3 is 2.68 bits per heavy atom. The predicted molar refractivity (Wildman–Crippen MR) is 147 cm³/mol. The van der Waals surface area contributed by atoms with Crippen molar-refractivity contribution < 1.29 is 9.53 Å². The number of benzene rings is 2.